The maximum Gasteiger partial charge on any atom is 0.228 e. The third-order valence-corrected chi connectivity index (χ3v) is 3.83. The number of nitrogens with zero attached hydrogens (tertiary/aromatic N) is 5. The van der Waals surface area contributed by atoms with Crippen LogP contribution >= 0.6 is 0 Å². The van der Waals surface area contributed by atoms with Gasteiger partial charge in [-0.05, 0) is 31.9 Å². The molecule has 1 saturated heterocycles. The van der Waals surface area contributed by atoms with Gasteiger partial charge in [0.05, 0.1) is 11.7 Å². The van der Waals surface area contributed by atoms with Crippen molar-refractivity contribution in [2.24, 2.45) is 0 Å². The van der Waals surface area contributed by atoms with Gasteiger partial charge in [0.2, 0.25) is 5.95 Å². The van der Waals surface area contributed by atoms with E-state index in [1.807, 2.05) is 50.3 Å². The van der Waals surface area contributed by atoms with Gasteiger partial charge in [-0.15, -0.1) is 0 Å². The van der Waals surface area contributed by atoms with E-state index in [0.717, 1.165) is 42.5 Å². The summed E-state index contributed by atoms with van der Waals surface area (Å²) in [5.74, 6) is 1.76. The fourth-order valence-corrected chi connectivity index (χ4v) is 2.78. The summed E-state index contributed by atoms with van der Waals surface area (Å²) in [7, 11) is 4.01. The molecule has 5 nitrogen and oxygen atoms in total. The molecular formula is C16H21N5. The maximum atomic E-state index is 4.70. The molecule has 0 amide bonds. The van der Waals surface area contributed by atoms with E-state index in [1.54, 1.807) is 0 Å². The van der Waals surface area contributed by atoms with E-state index in [4.69, 9.17) is 4.98 Å². The second-order valence-electron chi connectivity index (χ2n) is 5.67. The molecule has 110 valence electrons. The Morgan fingerprint density at radius 3 is 2.81 bits per heavy atom. The van der Waals surface area contributed by atoms with Crippen LogP contribution in [0.2, 0.25) is 0 Å². The standard InChI is InChI=1S/C16H21N5/c1-12-11-15(20(2)3)19-16(18-12)21-10-6-8-14(21)13-7-4-5-9-17-13/h4-5,7,9,11,14H,6,8,10H2,1-3H3/t14-/m0/s1. The molecule has 21 heavy (non-hydrogen) atoms. The SMILES string of the molecule is Cc1cc(N(C)C)nc(N2CCC[C@H]2c2ccccn2)n1. The number of anilines is 2. The number of hydrogen-bond acceptors (Lipinski definition) is 5. The lowest BCUT2D eigenvalue weighted by atomic mass is 10.1. The van der Waals surface area contributed by atoms with Crippen molar-refractivity contribution >= 4 is 11.8 Å². The molecule has 1 aliphatic rings. The lowest BCUT2D eigenvalue weighted by Gasteiger charge is -2.25. The molecule has 0 aromatic carbocycles. The Balaban J connectivity index is 1.95. The third kappa shape index (κ3) is 2.82. The Kier molecular flexibility index (Phi) is 3.73. The fourth-order valence-electron chi connectivity index (χ4n) is 2.78. The zero-order chi connectivity index (χ0) is 14.8. The predicted molar refractivity (Wildman–Crippen MR) is 84.7 cm³/mol. The van der Waals surface area contributed by atoms with Gasteiger partial charge in [-0.2, -0.15) is 4.98 Å². The minimum atomic E-state index is 0.281. The zero-order valence-electron chi connectivity index (χ0n) is 12.8. The van der Waals surface area contributed by atoms with Crippen LogP contribution in [-0.4, -0.2) is 35.6 Å². The third-order valence-electron chi connectivity index (χ3n) is 3.83. The molecule has 3 heterocycles. The van der Waals surface area contributed by atoms with E-state index in [2.05, 4.69) is 20.9 Å². The molecule has 0 unspecified atom stereocenters. The smallest absolute Gasteiger partial charge is 0.228 e. The van der Waals surface area contributed by atoms with Crippen molar-refractivity contribution in [3.8, 4) is 0 Å². The molecule has 1 atom stereocenters. The first-order valence-corrected chi connectivity index (χ1v) is 7.36. The number of aryl methyl sites for hydroxylation is 1. The first-order valence-electron chi connectivity index (χ1n) is 7.36. The van der Waals surface area contributed by atoms with Crippen LogP contribution in [0.1, 0.15) is 30.3 Å². The zero-order valence-corrected chi connectivity index (χ0v) is 12.8. The minimum absolute atomic E-state index is 0.281. The molecule has 0 N–H and O–H groups in total. The van der Waals surface area contributed by atoms with Gasteiger partial charge in [0.1, 0.15) is 5.82 Å². The summed E-state index contributed by atoms with van der Waals surface area (Å²) in [5.41, 5.74) is 2.10. The van der Waals surface area contributed by atoms with Crippen molar-refractivity contribution in [3.05, 3.63) is 41.9 Å². The summed E-state index contributed by atoms with van der Waals surface area (Å²) >= 11 is 0. The number of rotatable bonds is 3. The maximum absolute atomic E-state index is 4.70. The van der Waals surface area contributed by atoms with Crippen LogP contribution in [0.4, 0.5) is 11.8 Å². The molecule has 2 aromatic rings. The molecular weight excluding hydrogens is 262 g/mol. The molecule has 0 aliphatic carbocycles. The van der Waals surface area contributed by atoms with Crippen LogP contribution in [0.5, 0.6) is 0 Å². The molecule has 2 aromatic heterocycles. The summed E-state index contributed by atoms with van der Waals surface area (Å²) in [5, 5.41) is 0. The van der Waals surface area contributed by atoms with E-state index >= 15 is 0 Å². The highest BCUT2D eigenvalue weighted by molar-refractivity contribution is 5.46. The highest BCUT2D eigenvalue weighted by Gasteiger charge is 2.29. The Labute approximate surface area is 125 Å². The average molecular weight is 283 g/mol. The molecule has 1 fully saturated rings. The predicted octanol–water partition coefficient (Wildman–Crippen LogP) is 2.59. The van der Waals surface area contributed by atoms with Crippen molar-refractivity contribution in [1.29, 1.82) is 0 Å². The average Bonchev–Trinajstić information content (AvgIpc) is 2.97. The summed E-state index contributed by atoms with van der Waals surface area (Å²) in [4.78, 5) is 18.1. The second kappa shape index (κ2) is 5.68. The quantitative estimate of drug-likeness (QED) is 0.866. The van der Waals surface area contributed by atoms with Crippen LogP contribution in [0.25, 0.3) is 0 Å². The molecule has 5 heteroatoms. The molecule has 3 rings (SSSR count). The second-order valence-corrected chi connectivity index (χ2v) is 5.67. The van der Waals surface area contributed by atoms with E-state index < -0.39 is 0 Å². The Hall–Kier alpha value is -2.17. The largest absolute Gasteiger partial charge is 0.363 e. The molecule has 0 spiro atoms. The van der Waals surface area contributed by atoms with Crippen LogP contribution in [0.15, 0.2) is 30.5 Å². The number of pyridine rings is 1. The van der Waals surface area contributed by atoms with Gasteiger partial charge in [-0.3, -0.25) is 4.98 Å². The van der Waals surface area contributed by atoms with E-state index in [9.17, 15) is 0 Å². The van der Waals surface area contributed by atoms with Gasteiger partial charge >= 0.3 is 0 Å². The lowest BCUT2D eigenvalue weighted by Crippen LogP contribution is -2.26. The highest BCUT2D eigenvalue weighted by Crippen LogP contribution is 2.33. The van der Waals surface area contributed by atoms with Crippen molar-refractivity contribution in [3.63, 3.8) is 0 Å². The van der Waals surface area contributed by atoms with E-state index in [-0.39, 0.29) is 6.04 Å². The highest BCUT2D eigenvalue weighted by atomic mass is 15.3. The minimum Gasteiger partial charge on any atom is -0.363 e. The monoisotopic (exact) mass is 283 g/mol. The molecule has 0 bridgehead atoms. The molecule has 0 radical (unpaired) electrons. The fraction of sp³-hybridized carbons (Fsp3) is 0.438. The van der Waals surface area contributed by atoms with Gasteiger partial charge in [-0.25, -0.2) is 4.98 Å². The Morgan fingerprint density at radius 1 is 1.24 bits per heavy atom. The van der Waals surface area contributed by atoms with Crippen LogP contribution in [0.3, 0.4) is 0 Å². The van der Waals surface area contributed by atoms with Crippen molar-refractivity contribution in [2.75, 3.05) is 30.4 Å². The summed E-state index contributed by atoms with van der Waals surface area (Å²) in [6.45, 7) is 3.00. The van der Waals surface area contributed by atoms with Gasteiger partial charge < -0.3 is 9.80 Å². The van der Waals surface area contributed by atoms with Crippen LogP contribution in [0, 0.1) is 6.92 Å². The molecule has 1 aliphatic heterocycles. The number of hydrogen-bond donors (Lipinski definition) is 0. The van der Waals surface area contributed by atoms with Gasteiger partial charge in [0.15, 0.2) is 0 Å². The summed E-state index contributed by atoms with van der Waals surface area (Å²) in [6, 6.07) is 8.38. The topological polar surface area (TPSA) is 45.2 Å². The number of aromatic nitrogens is 3. The first kappa shape index (κ1) is 13.8. The Bertz CT molecular complexity index is 611. The van der Waals surface area contributed by atoms with Crippen molar-refractivity contribution in [2.45, 2.75) is 25.8 Å². The normalized spacial score (nSPS) is 18.0. The van der Waals surface area contributed by atoms with E-state index in [0.29, 0.717) is 0 Å². The van der Waals surface area contributed by atoms with Crippen LogP contribution < -0.4 is 9.80 Å². The van der Waals surface area contributed by atoms with Crippen molar-refractivity contribution < 1.29 is 0 Å². The first-order chi connectivity index (χ1) is 10.1. The van der Waals surface area contributed by atoms with Crippen molar-refractivity contribution in [1.82, 2.24) is 15.0 Å². The van der Waals surface area contributed by atoms with Gasteiger partial charge in [-0.1, -0.05) is 6.07 Å². The lowest BCUT2D eigenvalue weighted by molar-refractivity contribution is 0.678. The van der Waals surface area contributed by atoms with Crippen LogP contribution in [-0.2, 0) is 0 Å². The van der Waals surface area contributed by atoms with E-state index in [1.165, 1.54) is 0 Å². The molecule has 0 saturated carbocycles. The summed E-state index contributed by atoms with van der Waals surface area (Å²) < 4.78 is 0. The summed E-state index contributed by atoms with van der Waals surface area (Å²) in [6.07, 6.45) is 4.11. The van der Waals surface area contributed by atoms with Gasteiger partial charge in [0, 0.05) is 38.6 Å². The Morgan fingerprint density at radius 2 is 2.10 bits per heavy atom. The van der Waals surface area contributed by atoms with Gasteiger partial charge in [0.25, 0.3) is 0 Å².